The van der Waals surface area contributed by atoms with E-state index in [9.17, 15) is 13.2 Å². The highest BCUT2D eigenvalue weighted by molar-refractivity contribution is 7.89. The minimum absolute atomic E-state index is 0.0827. The topological polar surface area (TPSA) is 87.0 Å². The number of aromatic nitrogens is 1. The summed E-state index contributed by atoms with van der Waals surface area (Å²) in [5.74, 6) is 0.708. The van der Waals surface area contributed by atoms with Gasteiger partial charge in [-0.15, -0.1) is 0 Å². The van der Waals surface area contributed by atoms with Crippen molar-refractivity contribution in [3.63, 3.8) is 0 Å². The van der Waals surface area contributed by atoms with Gasteiger partial charge in [-0.2, -0.15) is 0 Å². The van der Waals surface area contributed by atoms with Gasteiger partial charge < -0.3 is 9.42 Å². The van der Waals surface area contributed by atoms with Crippen LogP contribution in [0.1, 0.15) is 21.8 Å². The average Bonchev–Trinajstić information content (AvgIpc) is 3.06. The van der Waals surface area contributed by atoms with Crippen molar-refractivity contribution in [1.29, 1.82) is 0 Å². The molecule has 1 saturated heterocycles. The Kier molecular flexibility index (Phi) is 5.64. The standard InChI is InChI=1S/C18H24N4O4S/c1-14-12-16(19-26-14)13-21-8-10-22(11-9-21)18(23)15-4-6-17(7-5-15)27(24,25)20(2)3/h4-7,12H,8-11,13H2,1-3H3. The van der Waals surface area contributed by atoms with Gasteiger partial charge >= 0.3 is 0 Å². The minimum atomic E-state index is -3.49. The van der Waals surface area contributed by atoms with E-state index in [1.54, 1.807) is 17.0 Å². The molecule has 27 heavy (non-hydrogen) atoms. The molecule has 1 aliphatic heterocycles. The van der Waals surface area contributed by atoms with Crippen molar-refractivity contribution < 1.29 is 17.7 Å². The molecule has 1 aromatic carbocycles. The highest BCUT2D eigenvalue weighted by Crippen LogP contribution is 2.16. The first kappa shape index (κ1) is 19.5. The summed E-state index contributed by atoms with van der Waals surface area (Å²) in [7, 11) is -0.531. The summed E-state index contributed by atoms with van der Waals surface area (Å²) in [6.07, 6.45) is 0. The zero-order chi connectivity index (χ0) is 19.6. The molecule has 0 N–H and O–H groups in total. The Hall–Kier alpha value is -2.23. The fourth-order valence-corrected chi connectivity index (χ4v) is 3.90. The lowest BCUT2D eigenvalue weighted by Gasteiger charge is -2.34. The van der Waals surface area contributed by atoms with E-state index >= 15 is 0 Å². The van der Waals surface area contributed by atoms with Crippen molar-refractivity contribution in [3.8, 4) is 0 Å². The number of hydrogen-bond acceptors (Lipinski definition) is 6. The molecule has 0 atom stereocenters. The first-order chi connectivity index (χ1) is 12.8. The van der Waals surface area contributed by atoms with Crippen LogP contribution in [0.25, 0.3) is 0 Å². The molecule has 1 aliphatic rings. The van der Waals surface area contributed by atoms with E-state index in [0.717, 1.165) is 28.8 Å². The molecule has 1 fully saturated rings. The van der Waals surface area contributed by atoms with E-state index in [1.165, 1.54) is 26.2 Å². The van der Waals surface area contributed by atoms with Gasteiger partial charge in [0.15, 0.2) is 0 Å². The van der Waals surface area contributed by atoms with Gasteiger partial charge in [-0.25, -0.2) is 12.7 Å². The van der Waals surface area contributed by atoms with Gasteiger partial charge in [-0.1, -0.05) is 5.16 Å². The maximum absolute atomic E-state index is 12.7. The van der Waals surface area contributed by atoms with Gasteiger partial charge in [0.2, 0.25) is 10.0 Å². The number of hydrogen-bond donors (Lipinski definition) is 0. The van der Waals surface area contributed by atoms with E-state index in [1.807, 2.05) is 13.0 Å². The summed E-state index contributed by atoms with van der Waals surface area (Å²) < 4.78 is 30.5. The van der Waals surface area contributed by atoms with Gasteiger partial charge in [0, 0.05) is 58.4 Å². The number of benzene rings is 1. The van der Waals surface area contributed by atoms with Crippen LogP contribution in [0.4, 0.5) is 0 Å². The van der Waals surface area contributed by atoms with Gasteiger partial charge in [-0.05, 0) is 31.2 Å². The second-order valence-electron chi connectivity index (χ2n) is 6.81. The number of rotatable bonds is 5. The van der Waals surface area contributed by atoms with Gasteiger partial charge in [0.1, 0.15) is 5.76 Å². The molecule has 3 rings (SSSR count). The van der Waals surface area contributed by atoms with Gasteiger partial charge in [-0.3, -0.25) is 9.69 Å². The Balaban J connectivity index is 1.59. The molecule has 0 saturated carbocycles. The molecular formula is C18H24N4O4S. The smallest absolute Gasteiger partial charge is 0.253 e. The van der Waals surface area contributed by atoms with Crippen LogP contribution >= 0.6 is 0 Å². The van der Waals surface area contributed by atoms with Crippen molar-refractivity contribution in [2.45, 2.75) is 18.4 Å². The molecule has 2 heterocycles. The summed E-state index contributed by atoms with van der Waals surface area (Å²) in [4.78, 5) is 16.9. The van der Waals surface area contributed by atoms with Crippen LogP contribution < -0.4 is 0 Å². The van der Waals surface area contributed by atoms with Crippen LogP contribution in [0.3, 0.4) is 0 Å². The van der Waals surface area contributed by atoms with E-state index < -0.39 is 10.0 Å². The molecular weight excluding hydrogens is 368 g/mol. The number of carbonyl (C=O) groups is 1. The maximum Gasteiger partial charge on any atom is 0.253 e. The van der Waals surface area contributed by atoms with Crippen LogP contribution in [-0.4, -0.2) is 73.9 Å². The van der Waals surface area contributed by atoms with E-state index in [2.05, 4.69) is 10.1 Å². The summed E-state index contributed by atoms with van der Waals surface area (Å²) >= 11 is 0. The molecule has 0 aliphatic carbocycles. The second kappa shape index (κ2) is 7.79. The zero-order valence-corrected chi connectivity index (χ0v) is 16.6. The lowest BCUT2D eigenvalue weighted by atomic mass is 10.2. The third kappa shape index (κ3) is 4.37. The number of carbonyl (C=O) groups excluding carboxylic acids is 1. The average molecular weight is 392 g/mol. The molecule has 1 amide bonds. The fraction of sp³-hybridized carbons (Fsp3) is 0.444. The number of sulfonamides is 1. The van der Waals surface area contributed by atoms with Crippen molar-refractivity contribution in [2.75, 3.05) is 40.3 Å². The molecule has 146 valence electrons. The summed E-state index contributed by atoms with van der Waals surface area (Å²) in [6, 6.07) is 8.02. The van der Waals surface area contributed by atoms with Crippen LogP contribution in [0.15, 0.2) is 39.8 Å². The van der Waals surface area contributed by atoms with E-state index in [0.29, 0.717) is 25.2 Å². The van der Waals surface area contributed by atoms with Crippen molar-refractivity contribution in [3.05, 3.63) is 47.3 Å². The van der Waals surface area contributed by atoms with Crippen LogP contribution in [0, 0.1) is 6.92 Å². The number of nitrogens with zero attached hydrogens (tertiary/aromatic N) is 4. The molecule has 9 heteroatoms. The van der Waals surface area contributed by atoms with Crippen molar-refractivity contribution >= 4 is 15.9 Å². The molecule has 1 aromatic heterocycles. The summed E-state index contributed by atoms with van der Waals surface area (Å²) in [5, 5.41) is 4.00. The first-order valence-electron chi connectivity index (χ1n) is 8.74. The fourth-order valence-electron chi connectivity index (χ4n) is 2.99. The van der Waals surface area contributed by atoms with Crippen LogP contribution in [0.5, 0.6) is 0 Å². The highest BCUT2D eigenvalue weighted by atomic mass is 32.2. The quantitative estimate of drug-likeness (QED) is 0.760. The Morgan fingerprint density at radius 1 is 1.15 bits per heavy atom. The zero-order valence-electron chi connectivity index (χ0n) is 15.8. The van der Waals surface area contributed by atoms with E-state index in [4.69, 9.17) is 4.52 Å². The lowest BCUT2D eigenvalue weighted by molar-refractivity contribution is 0.0625. The maximum atomic E-state index is 12.7. The van der Waals surface area contributed by atoms with Crippen LogP contribution in [-0.2, 0) is 16.6 Å². The van der Waals surface area contributed by atoms with Gasteiger partial charge in [0.05, 0.1) is 10.6 Å². The number of amides is 1. The first-order valence-corrected chi connectivity index (χ1v) is 10.2. The molecule has 0 radical (unpaired) electrons. The molecule has 8 nitrogen and oxygen atoms in total. The largest absolute Gasteiger partial charge is 0.361 e. The monoisotopic (exact) mass is 392 g/mol. The SMILES string of the molecule is Cc1cc(CN2CCN(C(=O)c3ccc(S(=O)(=O)N(C)C)cc3)CC2)no1. The van der Waals surface area contributed by atoms with Crippen LogP contribution in [0.2, 0.25) is 0 Å². The third-order valence-electron chi connectivity index (χ3n) is 4.60. The summed E-state index contributed by atoms with van der Waals surface area (Å²) in [5.41, 5.74) is 1.39. The highest BCUT2D eigenvalue weighted by Gasteiger charge is 2.24. The number of piperazine rings is 1. The molecule has 2 aromatic rings. The van der Waals surface area contributed by atoms with E-state index in [-0.39, 0.29) is 10.8 Å². The Labute approximate surface area is 159 Å². The predicted molar refractivity (Wildman–Crippen MR) is 99.7 cm³/mol. The normalized spacial score (nSPS) is 16.1. The Bertz CT molecular complexity index is 898. The number of aryl methyl sites for hydroxylation is 1. The minimum Gasteiger partial charge on any atom is -0.361 e. The van der Waals surface area contributed by atoms with Crippen molar-refractivity contribution in [2.24, 2.45) is 0 Å². The van der Waals surface area contributed by atoms with Gasteiger partial charge in [0.25, 0.3) is 5.91 Å². The van der Waals surface area contributed by atoms with Crippen molar-refractivity contribution in [1.82, 2.24) is 19.3 Å². The lowest BCUT2D eigenvalue weighted by Crippen LogP contribution is -2.48. The predicted octanol–water partition coefficient (Wildman–Crippen LogP) is 1.19. The second-order valence-corrected chi connectivity index (χ2v) is 8.96. The summed E-state index contributed by atoms with van der Waals surface area (Å²) in [6.45, 7) is 5.31. The molecule has 0 spiro atoms. The Morgan fingerprint density at radius 3 is 2.30 bits per heavy atom. The third-order valence-corrected chi connectivity index (χ3v) is 6.43. The molecule has 0 unspecified atom stereocenters. The Morgan fingerprint density at radius 2 is 1.78 bits per heavy atom. The molecule has 0 bridgehead atoms.